The van der Waals surface area contributed by atoms with Crippen molar-refractivity contribution in [1.29, 1.82) is 0 Å². The summed E-state index contributed by atoms with van der Waals surface area (Å²) in [5, 5.41) is 4.72. The summed E-state index contributed by atoms with van der Waals surface area (Å²) in [6, 6.07) is 27.9. The maximum Gasteiger partial charge on any atom is 0.405 e. The van der Waals surface area contributed by atoms with Gasteiger partial charge in [0.1, 0.15) is 12.0 Å². The van der Waals surface area contributed by atoms with Gasteiger partial charge in [0.15, 0.2) is 0 Å². The fourth-order valence-corrected chi connectivity index (χ4v) is 6.28. The Morgan fingerprint density at radius 2 is 1.29 bits per heavy atom. The van der Waals surface area contributed by atoms with Crippen LogP contribution >= 0.6 is 0 Å². The molecule has 0 saturated carbocycles. The van der Waals surface area contributed by atoms with Crippen LogP contribution in [0, 0.1) is 0 Å². The highest BCUT2D eigenvalue weighted by atomic mass is 32.2. The normalized spacial score (nSPS) is 13.6. The number of rotatable bonds is 9. The van der Waals surface area contributed by atoms with Crippen LogP contribution in [0.4, 0.5) is 18.9 Å². The smallest absolute Gasteiger partial charge is 0.346 e. The Morgan fingerprint density at radius 1 is 0.738 bits per heavy atom. The molecule has 3 N–H and O–H groups in total. The molecular weight excluding hydrogens is 567 g/mol. The van der Waals surface area contributed by atoms with Crippen molar-refractivity contribution in [1.82, 2.24) is 10.0 Å². The van der Waals surface area contributed by atoms with E-state index in [0.717, 1.165) is 0 Å². The van der Waals surface area contributed by atoms with Crippen LogP contribution in [-0.4, -0.2) is 39.5 Å². The minimum Gasteiger partial charge on any atom is -0.346 e. The van der Waals surface area contributed by atoms with Crippen LogP contribution in [-0.2, 0) is 20.2 Å². The Balaban J connectivity index is 1.36. The highest BCUT2D eigenvalue weighted by Crippen LogP contribution is 2.50. The van der Waals surface area contributed by atoms with Gasteiger partial charge in [-0.1, -0.05) is 66.7 Å². The molecule has 0 saturated heterocycles. The lowest BCUT2D eigenvalue weighted by Gasteiger charge is -2.31. The SMILES string of the molecule is O=C(Nc1ccc(S(=O)(=O)NCCC2(C(=O)NCC(F)(F)F)c3ccccc3-c3ccccc32)cc1)c1ccccc1. The van der Waals surface area contributed by atoms with E-state index < -0.39 is 34.1 Å². The van der Waals surface area contributed by atoms with E-state index in [-0.39, 0.29) is 23.8 Å². The molecule has 0 bridgehead atoms. The largest absolute Gasteiger partial charge is 0.405 e. The molecule has 0 unspecified atom stereocenters. The van der Waals surface area contributed by atoms with Crippen molar-refractivity contribution >= 4 is 27.5 Å². The van der Waals surface area contributed by atoms with Crippen molar-refractivity contribution < 1.29 is 31.2 Å². The fourth-order valence-electron chi connectivity index (χ4n) is 5.25. The Hall–Kier alpha value is -4.48. The van der Waals surface area contributed by atoms with E-state index in [1.54, 1.807) is 78.9 Å². The van der Waals surface area contributed by atoms with Crippen LogP contribution in [0.5, 0.6) is 0 Å². The maximum atomic E-state index is 13.6. The number of anilines is 1. The summed E-state index contributed by atoms with van der Waals surface area (Å²) in [4.78, 5) is 25.9. The zero-order chi connectivity index (χ0) is 30.0. The minimum absolute atomic E-state index is 0.0806. The number of fused-ring (bicyclic) bond motifs is 3. The molecule has 1 aliphatic rings. The summed E-state index contributed by atoms with van der Waals surface area (Å²) in [6.07, 6.45) is -4.75. The van der Waals surface area contributed by atoms with Crippen LogP contribution in [0.1, 0.15) is 27.9 Å². The van der Waals surface area contributed by atoms with E-state index in [1.165, 1.54) is 24.3 Å². The van der Waals surface area contributed by atoms with Gasteiger partial charge in [-0.15, -0.1) is 0 Å². The van der Waals surface area contributed by atoms with E-state index in [9.17, 15) is 31.2 Å². The molecule has 0 radical (unpaired) electrons. The third-order valence-electron chi connectivity index (χ3n) is 7.15. The lowest BCUT2D eigenvalue weighted by molar-refractivity contribution is -0.141. The van der Waals surface area contributed by atoms with Gasteiger partial charge in [0.25, 0.3) is 5.91 Å². The lowest BCUT2D eigenvalue weighted by Crippen LogP contribution is -2.48. The topological polar surface area (TPSA) is 104 Å². The minimum atomic E-state index is -4.62. The molecule has 0 heterocycles. The summed E-state index contributed by atoms with van der Waals surface area (Å²) in [7, 11) is -4.07. The first-order valence-corrected chi connectivity index (χ1v) is 14.5. The Bertz CT molecular complexity index is 1680. The van der Waals surface area contributed by atoms with Gasteiger partial charge in [-0.05, 0) is 65.1 Å². The third-order valence-corrected chi connectivity index (χ3v) is 8.63. The monoisotopic (exact) mass is 593 g/mol. The predicted octanol–water partition coefficient (Wildman–Crippen LogP) is 5.25. The van der Waals surface area contributed by atoms with Crippen LogP contribution < -0.4 is 15.4 Å². The lowest BCUT2D eigenvalue weighted by atomic mass is 9.74. The van der Waals surface area contributed by atoms with Gasteiger partial charge in [0.05, 0.1) is 4.90 Å². The van der Waals surface area contributed by atoms with E-state index in [4.69, 9.17) is 0 Å². The first-order valence-electron chi connectivity index (χ1n) is 13.0. The van der Waals surface area contributed by atoms with Gasteiger partial charge in [0, 0.05) is 17.8 Å². The molecule has 1 aliphatic carbocycles. The molecule has 0 spiro atoms. The highest BCUT2D eigenvalue weighted by Gasteiger charge is 2.49. The number of hydrogen-bond donors (Lipinski definition) is 3. The van der Waals surface area contributed by atoms with Crippen molar-refractivity contribution in [3.63, 3.8) is 0 Å². The summed E-state index contributed by atoms with van der Waals surface area (Å²) in [6.45, 7) is -1.76. The van der Waals surface area contributed by atoms with Gasteiger partial charge >= 0.3 is 6.18 Å². The van der Waals surface area contributed by atoms with Crippen LogP contribution in [0.2, 0.25) is 0 Å². The van der Waals surface area contributed by atoms with Gasteiger partial charge in [-0.25, -0.2) is 13.1 Å². The molecule has 4 aromatic rings. The van der Waals surface area contributed by atoms with Crippen molar-refractivity contribution in [3.05, 3.63) is 120 Å². The average Bonchev–Trinajstić information content (AvgIpc) is 3.27. The number of carbonyl (C=O) groups excluding carboxylic acids is 2. The number of hydrogen-bond acceptors (Lipinski definition) is 4. The molecule has 216 valence electrons. The molecule has 0 aromatic heterocycles. The zero-order valence-electron chi connectivity index (χ0n) is 22.1. The summed E-state index contributed by atoms with van der Waals surface area (Å²) >= 11 is 0. The van der Waals surface area contributed by atoms with Crippen molar-refractivity contribution in [2.45, 2.75) is 22.9 Å². The first-order chi connectivity index (χ1) is 20.0. The highest BCUT2D eigenvalue weighted by molar-refractivity contribution is 7.89. The standard InChI is InChI=1S/C31H26F3N3O4S/c32-31(33,34)20-35-29(39)30(26-12-6-4-10-24(26)25-11-5-7-13-27(25)30)18-19-36-42(40,41)23-16-14-22(15-17-23)37-28(38)21-8-2-1-3-9-21/h1-17,36H,18-20H2,(H,35,39)(H,37,38). The average molecular weight is 594 g/mol. The second kappa shape index (κ2) is 11.4. The second-order valence-electron chi connectivity index (χ2n) is 9.79. The van der Waals surface area contributed by atoms with Gasteiger partial charge < -0.3 is 10.6 Å². The van der Waals surface area contributed by atoms with Crippen LogP contribution in [0.25, 0.3) is 11.1 Å². The van der Waals surface area contributed by atoms with Gasteiger partial charge in [0.2, 0.25) is 15.9 Å². The van der Waals surface area contributed by atoms with Gasteiger partial charge in [-0.2, -0.15) is 13.2 Å². The molecule has 0 aliphatic heterocycles. The Labute approximate surface area is 240 Å². The molecule has 0 atom stereocenters. The number of carbonyl (C=O) groups is 2. The van der Waals surface area contributed by atoms with Crippen molar-refractivity contribution in [2.24, 2.45) is 0 Å². The van der Waals surface area contributed by atoms with E-state index >= 15 is 0 Å². The molecular formula is C31H26F3N3O4S. The molecule has 11 heteroatoms. The Morgan fingerprint density at radius 3 is 1.86 bits per heavy atom. The summed E-state index contributed by atoms with van der Waals surface area (Å²) in [5.41, 5.74) is 1.69. The maximum absolute atomic E-state index is 13.6. The number of halogens is 3. The number of benzene rings is 4. The Kier molecular flexibility index (Phi) is 7.89. The second-order valence-corrected chi connectivity index (χ2v) is 11.6. The summed E-state index contributed by atoms with van der Waals surface area (Å²) < 4.78 is 68.0. The summed E-state index contributed by atoms with van der Waals surface area (Å²) in [5.74, 6) is -1.22. The van der Waals surface area contributed by atoms with E-state index in [1.807, 2.05) is 5.32 Å². The molecule has 7 nitrogen and oxygen atoms in total. The zero-order valence-corrected chi connectivity index (χ0v) is 22.9. The molecule has 42 heavy (non-hydrogen) atoms. The third kappa shape index (κ3) is 5.79. The van der Waals surface area contributed by atoms with E-state index in [0.29, 0.717) is 33.5 Å². The number of nitrogens with one attached hydrogen (secondary N) is 3. The van der Waals surface area contributed by atoms with Crippen molar-refractivity contribution in [3.8, 4) is 11.1 Å². The van der Waals surface area contributed by atoms with Crippen LogP contribution in [0.3, 0.4) is 0 Å². The quantitative estimate of drug-likeness (QED) is 0.247. The molecule has 2 amide bonds. The van der Waals surface area contributed by atoms with E-state index in [2.05, 4.69) is 10.0 Å². The molecule has 4 aromatic carbocycles. The predicted molar refractivity (Wildman–Crippen MR) is 152 cm³/mol. The number of alkyl halides is 3. The molecule has 5 rings (SSSR count). The first kappa shape index (κ1) is 29.0. The molecule has 0 fully saturated rings. The number of amides is 2. The van der Waals surface area contributed by atoms with Gasteiger partial charge in [-0.3, -0.25) is 9.59 Å². The fraction of sp³-hybridized carbons (Fsp3) is 0.161. The van der Waals surface area contributed by atoms with Crippen LogP contribution in [0.15, 0.2) is 108 Å². The van der Waals surface area contributed by atoms with Crippen molar-refractivity contribution in [2.75, 3.05) is 18.4 Å². The number of sulfonamides is 1.